The van der Waals surface area contributed by atoms with Gasteiger partial charge >= 0.3 is 5.97 Å². The molecule has 0 aromatic carbocycles. The fourth-order valence-corrected chi connectivity index (χ4v) is 0.989. The van der Waals surface area contributed by atoms with Gasteiger partial charge in [0.1, 0.15) is 11.4 Å². The molecule has 2 N–H and O–H groups in total. The first kappa shape index (κ1) is 12.0. The largest absolute Gasteiger partial charge is 0.482 e. The monoisotopic (exact) mass is 224 g/mol. The number of aromatic nitrogens is 1. The van der Waals surface area contributed by atoms with Crippen molar-refractivity contribution in [3.8, 4) is 5.75 Å². The molecule has 6 heteroatoms. The Morgan fingerprint density at radius 2 is 2.25 bits per heavy atom. The Morgan fingerprint density at radius 1 is 1.50 bits per heavy atom. The van der Waals surface area contributed by atoms with Gasteiger partial charge in [0.05, 0.1) is 6.20 Å². The van der Waals surface area contributed by atoms with Gasteiger partial charge in [-0.05, 0) is 19.1 Å². The molecule has 0 aliphatic carbocycles. The maximum Gasteiger partial charge on any atom is 0.354 e. The van der Waals surface area contributed by atoms with Crippen molar-refractivity contribution in [1.82, 2.24) is 10.3 Å². The molecule has 0 aliphatic heterocycles. The molecule has 16 heavy (non-hydrogen) atoms. The fraction of sp³-hybridized carbons (Fsp3) is 0.300. The Labute approximate surface area is 92.3 Å². The van der Waals surface area contributed by atoms with Crippen molar-refractivity contribution in [2.75, 3.05) is 13.2 Å². The fourth-order valence-electron chi connectivity index (χ4n) is 0.989. The zero-order valence-corrected chi connectivity index (χ0v) is 8.77. The first-order valence-corrected chi connectivity index (χ1v) is 4.72. The number of hydrogen-bond donors (Lipinski definition) is 2. The Morgan fingerprint density at radius 3 is 2.75 bits per heavy atom. The lowest BCUT2D eigenvalue weighted by Gasteiger charge is -2.05. The summed E-state index contributed by atoms with van der Waals surface area (Å²) < 4.78 is 5.09. The van der Waals surface area contributed by atoms with Crippen molar-refractivity contribution < 1.29 is 19.4 Å². The lowest BCUT2D eigenvalue weighted by atomic mass is 10.3. The van der Waals surface area contributed by atoms with Gasteiger partial charge in [0.2, 0.25) is 0 Å². The smallest absolute Gasteiger partial charge is 0.354 e. The first-order chi connectivity index (χ1) is 7.63. The van der Waals surface area contributed by atoms with Crippen LogP contribution in [0, 0.1) is 0 Å². The molecule has 0 bridgehead atoms. The zero-order valence-electron chi connectivity index (χ0n) is 8.77. The van der Waals surface area contributed by atoms with Crippen molar-refractivity contribution in [2.24, 2.45) is 0 Å². The summed E-state index contributed by atoms with van der Waals surface area (Å²) in [5.74, 6) is -0.976. The van der Waals surface area contributed by atoms with Crippen LogP contribution in [0.4, 0.5) is 0 Å². The van der Waals surface area contributed by atoms with E-state index in [-0.39, 0.29) is 18.2 Å². The molecule has 0 fully saturated rings. The van der Waals surface area contributed by atoms with Gasteiger partial charge in [0.15, 0.2) is 6.61 Å². The molecule has 86 valence electrons. The summed E-state index contributed by atoms with van der Waals surface area (Å²) in [6.07, 6.45) is 1.27. The van der Waals surface area contributed by atoms with Crippen LogP contribution in [-0.2, 0) is 4.79 Å². The van der Waals surface area contributed by atoms with E-state index in [0.717, 1.165) is 0 Å². The van der Waals surface area contributed by atoms with Gasteiger partial charge in [-0.15, -0.1) is 0 Å². The standard InChI is InChI=1S/C10H12N2O4/c1-2-11-9(13)6-16-7-3-4-8(10(14)15)12-5-7/h3-5H,2,6H2,1H3,(H,11,13)(H,14,15). The summed E-state index contributed by atoms with van der Waals surface area (Å²) in [6, 6.07) is 2.77. The van der Waals surface area contributed by atoms with Crippen LogP contribution in [-0.4, -0.2) is 35.1 Å². The highest BCUT2D eigenvalue weighted by Crippen LogP contribution is 2.08. The summed E-state index contributed by atoms with van der Waals surface area (Å²) in [6.45, 7) is 2.24. The first-order valence-electron chi connectivity index (χ1n) is 4.72. The molecule has 0 saturated heterocycles. The van der Waals surface area contributed by atoms with Crippen molar-refractivity contribution in [1.29, 1.82) is 0 Å². The third kappa shape index (κ3) is 3.56. The number of carboxylic acids is 1. The van der Waals surface area contributed by atoms with E-state index in [0.29, 0.717) is 12.3 Å². The van der Waals surface area contributed by atoms with Gasteiger partial charge in [0.25, 0.3) is 5.91 Å². The number of rotatable bonds is 5. The Hall–Kier alpha value is -2.11. The van der Waals surface area contributed by atoms with Gasteiger partial charge in [-0.25, -0.2) is 9.78 Å². The number of hydrogen-bond acceptors (Lipinski definition) is 4. The van der Waals surface area contributed by atoms with E-state index >= 15 is 0 Å². The number of carbonyl (C=O) groups is 2. The molecule has 0 radical (unpaired) electrons. The minimum Gasteiger partial charge on any atom is -0.482 e. The number of pyridine rings is 1. The number of ether oxygens (including phenoxy) is 1. The third-order valence-corrected chi connectivity index (χ3v) is 1.70. The minimum absolute atomic E-state index is 0.0645. The van der Waals surface area contributed by atoms with Crippen LogP contribution >= 0.6 is 0 Å². The predicted octanol–water partition coefficient (Wildman–Crippen LogP) is 0.295. The van der Waals surface area contributed by atoms with Gasteiger partial charge in [0, 0.05) is 6.54 Å². The van der Waals surface area contributed by atoms with Crippen LogP contribution in [0.5, 0.6) is 5.75 Å². The van der Waals surface area contributed by atoms with E-state index in [1.165, 1.54) is 18.3 Å². The van der Waals surface area contributed by atoms with Crippen LogP contribution in [0.3, 0.4) is 0 Å². The molecule has 1 heterocycles. The summed E-state index contributed by atoms with van der Waals surface area (Å²) in [5, 5.41) is 11.2. The van der Waals surface area contributed by atoms with E-state index in [9.17, 15) is 9.59 Å². The second kappa shape index (κ2) is 5.69. The highest BCUT2D eigenvalue weighted by molar-refractivity contribution is 5.85. The average Bonchev–Trinajstić information content (AvgIpc) is 2.27. The van der Waals surface area contributed by atoms with Gasteiger partial charge in [-0.1, -0.05) is 0 Å². The number of nitrogens with zero attached hydrogens (tertiary/aromatic N) is 1. The zero-order chi connectivity index (χ0) is 12.0. The molecule has 0 saturated carbocycles. The number of carbonyl (C=O) groups excluding carboxylic acids is 1. The molecule has 0 unspecified atom stereocenters. The SMILES string of the molecule is CCNC(=O)COc1ccc(C(=O)O)nc1. The summed E-state index contributed by atoms with van der Waals surface area (Å²) >= 11 is 0. The van der Waals surface area contributed by atoms with Gasteiger partial charge in [-0.2, -0.15) is 0 Å². The summed E-state index contributed by atoms with van der Waals surface area (Å²) in [5.41, 5.74) is -0.0645. The molecule has 1 aromatic heterocycles. The van der Waals surface area contributed by atoms with Gasteiger partial charge in [-0.3, -0.25) is 4.79 Å². The third-order valence-electron chi connectivity index (χ3n) is 1.70. The molecular formula is C10H12N2O4. The Bertz CT molecular complexity index is 375. The summed E-state index contributed by atoms with van der Waals surface area (Å²) in [4.78, 5) is 25.2. The van der Waals surface area contributed by atoms with Crippen molar-refractivity contribution >= 4 is 11.9 Å². The number of carboxylic acid groups (broad SMARTS) is 1. The molecule has 1 amide bonds. The number of aromatic carboxylic acids is 1. The topological polar surface area (TPSA) is 88.5 Å². The second-order valence-corrected chi connectivity index (χ2v) is 2.93. The van der Waals surface area contributed by atoms with Crippen molar-refractivity contribution in [2.45, 2.75) is 6.92 Å². The van der Waals surface area contributed by atoms with Crippen LogP contribution in [0.15, 0.2) is 18.3 Å². The van der Waals surface area contributed by atoms with Crippen LogP contribution < -0.4 is 10.1 Å². The molecular weight excluding hydrogens is 212 g/mol. The summed E-state index contributed by atoms with van der Waals surface area (Å²) in [7, 11) is 0. The lowest BCUT2D eigenvalue weighted by molar-refractivity contribution is -0.122. The number of nitrogens with one attached hydrogen (secondary N) is 1. The molecule has 0 aliphatic rings. The van der Waals surface area contributed by atoms with Crippen LogP contribution in [0.25, 0.3) is 0 Å². The number of amides is 1. The Balaban J connectivity index is 2.49. The molecule has 1 rings (SSSR count). The van der Waals surface area contributed by atoms with Gasteiger partial charge < -0.3 is 15.2 Å². The maximum absolute atomic E-state index is 11.0. The molecule has 1 aromatic rings. The lowest BCUT2D eigenvalue weighted by Crippen LogP contribution is -2.28. The minimum atomic E-state index is -1.10. The van der Waals surface area contributed by atoms with E-state index in [1.54, 1.807) is 6.92 Å². The van der Waals surface area contributed by atoms with E-state index in [4.69, 9.17) is 9.84 Å². The van der Waals surface area contributed by atoms with E-state index in [1.807, 2.05) is 0 Å². The molecule has 0 atom stereocenters. The maximum atomic E-state index is 11.0. The average molecular weight is 224 g/mol. The highest BCUT2D eigenvalue weighted by Gasteiger charge is 2.05. The quantitative estimate of drug-likeness (QED) is 0.750. The van der Waals surface area contributed by atoms with Crippen LogP contribution in [0.2, 0.25) is 0 Å². The predicted molar refractivity (Wildman–Crippen MR) is 55.4 cm³/mol. The Kier molecular flexibility index (Phi) is 4.26. The van der Waals surface area contributed by atoms with E-state index < -0.39 is 5.97 Å². The second-order valence-electron chi connectivity index (χ2n) is 2.93. The molecule has 0 spiro atoms. The van der Waals surface area contributed by atoms with E-state index in [2.05, 4.69) is 10.3 Å². The molecule has 6 nitrogen and oxygen atoms in total. The van der Waals surface area contributed by atoms with Crippen molar-refractivity contribution in [3.05, 3.63) is 24.0 Å². The van der Waals surface area contributed by atoms with Crippen LogP contribution in [0.1, 0.15) is 17.4 Å². The normalized spacial score (nSPS) is 9.56. The van der Waals surface area contributed by atoms with Crippen molar-refractivity contribution in [3.63, 3.8) is 0 Å². The highest BCUT2D eigenvalue weighted by atomic mass is 16.5. The number of likely N-dealkylation sites (N-methyl/N-ethyl adjacent to an activating group) is 1.